The second kappa shape index (κ2) is 6.53. The lowest BCUT2D eigenvalue weighted by Gasteiger charge is -2.07. The van der Waals surface area contributed by atoms with Crippen LogP contribution in [-0.4, -0.2) is 17.7 Å². The summed E-state index contributed by atoms with van der Waals surface area (Å²) in [6.07, 6.45) is 2.28. The van der Waals surface area contributed by atoms with E-state index in [-0.39, 0.29) is 6.42 Å². The third-order valence-electron chi connectivity index (χ3n) is 2.24. The molecule has 1 aromatic carbocycles. The standard InChI is InChI=1S/C14H16O3/c1-3-11(2)10-17-13-6-4-5-12(9-13)7-8-14(15)16/h3-6,9H,1-2,7-8,10H2,(H,15,16). The minimum Gasteiger partial charge on any atom is -0.489 e. The van der Waals surface area contributed by atoms with Crippen LogP contribution in [0.25, 0.3) is 0 Å². The molecule has 0 atom stereocenters. The van der Waals surface area contributed by atoms with Gasteiger partial charge in [0.15, 0.2) is 0 Å². The van der Waals surface area contributed by atoms with Crippen LogP contribution < -0.4 is 4.74 Å². The van der Waals surface area contributed by atoms with E-state index < -0.39 is 5.97 Å². The predicted octanol–water partition coefficient (Wildman–Crippen LogP) is 2.82. The Bertz CT molecular complexity index is 421. The highest BCUT2D eigenvalue weighted by molar-refractivity contribution is 5.67. The maximum atomic E-state index is 10.5. The molecule has 1 aromatic rings. The van der Waals surface area contributed by atoms with Gasteiger partial charge < -0.3 is 9.84 Å². The van der Waals surface area contributed by atoms with E-state index in [1.807, 2.05) is 24.3 Å². The summed E-state index contributed by atoms with van der Waals surface area (Å²) in [7, 11) is 0. The van der Waals surface area contributed by atoms with Gasteiger partial charge in [0.05, 0.1) is 0 Å². The van der Waals surface area contributed by atoms with E-state index >= 15 is 0 Å². The molecule has 0 amide bonds. The Morgan fingerprint density at radius 3 is 2.88 bits per heavy atom. The first-order valence-corrected chi connectivity index (χ1v) is 5.35. The summed E-state index contributed by atoms with van der Waals surface area (Å²) in [6, 6.07) is 7.42. The molecule has 1 rings (SSSR count). The molecular formula is C14H16O3. The third kappa shape index (κ3) is 5.02. The van der Waals surface area contributed by atoms with Crippen molar-refractivity contribution in [2.24, 2.45) is 0 Å². The highest BCUT2D eigenvalue weighted by Gasteiger charge is 2.01. The molecule has 0 aliphatic heterocycles. The van der Waals surface area contributed by atoms with E-state index in [9.17, 15) is 4.79 Å². The average Bonchev–Trinajstić information content (AvgIpc) is 2.34. The Morgan fingerprint density at radius 2 is 2.24 bits per heavy atom. The van der Waals surface area contributed by atoms with Gasteiger partial charge in [0.2, 0.25) is 0 Å². The van der Waals surface area contributed by atoms with Gasteiger partial charge in [-0.3, -0.25) is 4.79 Å². The fourth-order valence-corrected chi connectivity index (χ4v) is 1.28. The fourth-order valence-electron chi connectivity index (χ4n) is 1.28. The Hall–Kier alpha value is -2.03. The Morgan fingerprint density at radius 1 is 1.47 bits per heavy atom. The van der Waals surface area contributed by atoms with Crippen molar-refractivity contribution in [1.82, 2.24) is 0 Å². The Labute approximate surface area is 101 Å². The monoisotopic (exact) mass is 232 g/mol. The number of carbonyl (C=O) groups is 1. The van der Waals surface area contributed by atoms with E-state index in [2.05, 4.69) is 13.2 Å². The first kappa shape index (κ1) is 13.0. The molecule has 0 aliphatic carbocycles. The summed E-state index contributed by atoms with van der Waals surface area (Å²) >= 11 is 0. The fraction of sp³-hybridized carbons (Fsp3) is 0.214. The van der Waals surface area contributed by atoms with Crippen LogP contribution in [0.3, 0.4) is 0 Å². The number of carboxylic acid groups (broad SMARTS) is 1. The van der Waals surface area contributed by atoms with Gasteiger partial charge in [-0.05, 0) is 29.7 Å². The van der Waals surface area contributed by atoms with E-state index in [0.29, 0.717) is 13.0 Å². The quantitative estimate of drug-likeness (QED) is 0.735. The number of aryl methyl sites for hydroxylation is 1. The normalized spacial score (nSPS) is 9.65. The zero-order chi connectivity index (χ0) is 12.7. The van der Waals surface area contributed by atoms with Crippen molar-refractivity contribution in [3.8, 4) is 5.75 Å². The van der Waals surface area contributed by atoms with Crippen LogP contribution in [0.4, 0.5) is 0 Å². The number of ether oxygens (including phenoxy) is 1. The van der Waals surface area contributed by atoms with E-state index in [0.717, 1.165) is 16.9 Å². The minimum atomic E-state index is -0.795. The number of aliphatic carboxylic acids is 1. The molecular weight excluding hydrogens is 216 g/mol. The number of carboxylic acids is 1. The summed E-state index contributed by atoms with van der Waals surface area (Å²) in [4.78, 5) is 10.5. The summed E-state index contributed by atoms with van der Waals surface area (Å²) in [5, 5.41) is 8.60. The second-order valence-electron chi connectivity index (χ2n) is 3.69. The van der Waals surface area contributed by atoms with Crippen LogP contribution in [-0.2, 0) is 11.2 Å². The molecule has 3 nitrogen and oxygen atoms in total. The molecule has 0 saturated carbocycles. The molecule has 0 fully saturated rings. The van der Waals surface area contributed by atoms with Crippen LogP contribution in [0.15, 0.2) is 49.1 Å². The molecule has 90 valence electrons. The van der Waals surface area contributed by atoms with Gasteiger partial charge in [-0.15, -0.1) is 0 Å². The van der Waals surface area contributed by atoms with Crippen molar-refractivity contribution in [2.75, 3.05) is 6.61 Å². The molecule has 0 bridgehead atoms. The Balaban J connectivity index is 2.56. The van der Waals surface area contributed by atoms with E-state index in [4.69, 9.17) is 9.84 Å². The highest BCUT2D eigenvalue weighted by Crippen LogP contribution is 2.15. The number of hydrogen-bond acceptors (Lipinski definition) is 2. The zero-order valence-corrected chi connectivity index (χ0v) is 9.69. The molecule has 0 aliphatic rings. The molecule has 3 heteroatoms. The van der Waals surface area contributed by atoms with Gasteiger partial charge >= 0.3 is 5.97 Å². The van der Waals surface area contributed by atoms with Gasteiger partial charge in [0.1, 0.15) is 12.4 Å². The molecule has 0 saturated heterocycles. The summed E-state index contributed by atoms with van der Waals surface area (Å²) < 4.78 is 5.49. The Kier molecular flexibility index (Phi) is 5.01. The molecule has 0 spiro atoms. The third-order valence-corrected chi connectivity index (χ3v) is 2.24. The molecule has 1 N–H and O–H groups in total. The van der Waals surface area contributed by atoms with Crippen LogP contribution in [0.2, 0.25) is 0 Å². The van der Waals surface area contributed by atoms with E-state index in [1.165, 1.54) is 0 Å². The van der Waals surface area contributed by atoms with Crippen molar-refractivity contribution < 1.29 is 14.6 Å². The number of rotatable bonds is 7. The number of hydrogen-bond donors (Lipinski definition) is 1. The van der Waals surface area contributed by atoms with Crippen molar-refractivity contribution in [3.63, 3.8) is 0 Å². The molecule has 17 heavy (non-hydrogen) atoms. The average molecular weight is 232 g/mol. The van der Waals surface area contributed by atoms with Crippen LogP contribution >= 0.6 is 0 Å². The van der Waals surface area contributed by atoms with Gasteiger partial charge in [-0.1, -0.05) is 31.4 Å². The van der Waals surface area contributed by atoms with Crippen molar-refractivity contribution in [2.45, 2.75) is 12.8 Å². The van der Waals surface area contributed by atoms with Crippen molar-refractivity contribution >= 4 is 5.97 Å². The summed E-state index contributed by atoms with van der Waals surface area (Å²) in [5.74, 6) is -0.0766. The van der Waals surface area contributed by atoms with Crippen molar-refractivity contribution in [1.29, 1.82) is 0 Å². The zero-order valence-electron chi connectivity index (χ0n) is 9.69. The maximum Gasteiger partial charge on any atom is 0.303 e. The molecule has 0 heterocycles. The lowest BCUT2D eigenvalue weighted by Crippen LogP contribution is -2.00. The van der Waals surface area contributed by atoms with E-state index in [1.54, 1.807) is 6.08 Å². The first-order valence-electron chi connectivity index (χ1n) is 5.35. The minimum absolute atomic E-state index is 0.128. The second-order valence-corrected chi connectivity index (χ2v) is 3.69. The largest absolute Gasteiger partial charge is 0.489 e. The predicted molar refractivity (Wildman–Crippen MR) is 67.2 cm³/mol. The lowest BCUT2D eigenvalue weighted by molar-refractivity contribution is -0.136. The first-order chi connectivity index (χ1) is 8.11. The van der Waals surface area contributed by atoms with Crippen LogP contribution in [0.5, 0.6) is 5.75 Å². The highest BCUT2D eigenvalue weighted by atomic mass is 16.5. The molecule has 0 aromatic heterocycles. The van der Waals surface area contributed by atoms with Gasteiger partial charge in [-0.2, -0.15) is 0 Å². The van der Waals surface area contributed by atoms with Crippen molar-refractivity contribution in [3.05, 3.63) is 54.6 Å². The van der Waals surface area contributed by atoms with Crippen LogP contribution in [0, 0.1) is 0 Å². The molecule has 0 unspecified atom stereocenters. The summed E-state index contributed by atoms with van der Waals surface area (Å²) in [5.41, 5.74) is 1.76. The SMILES string of the molecule is C=CC(=C)COc1cccc(CCC(=O)O)c1. The lowest BCUT2D eigenvalue weighted by atomic mass is 10.1. The van der Waals surface area contributed by atoms with Gasteiger partial charge in [0.25, 0.3) is 0 Å². The van der Waals surface area contributed by atoms with Crippen LogP contribution in [0.1, 0.15) is 12.0 Å². The number of benzene rings is 1. The van der Waals surface area contributed by atoms with Gasteiger partial charge in [-0.25, -0.2) is 0 Å². The maximum absolute atomic E-state index is 10.5. The topological polar surface area (TPSA) is 46.5 Å². The van der Waals surface area contributed by atoms with Gasteiger partial charge in [0, 0.05) is 6.42 Å². The smallest absolute Gasteiger partial charge is 0.303 e. The summed E-state index contributed by atoms with van der Waals surface area (Å²) in [6.45, 7) is 7.74. The molecule has 0 radical (unpaired) electrons.